The maximum absolute atomic E-state index is 10.7. The number of rotatable bonds is 6. The summed E-state index contributed by atoms with van der Waals surface area (Å²) in [6.45, 7) is 1.96. The van der Waals surface area contributed by atoms with Gasteiger partial charge in [-0.05, 0) is 14.1 Å². The van der Waals surface area contributed by atoms with E-state index in [4.69, 9.17) is 0 Å². The van der Waals surface area contributed by atoms with Gasteiger partial charge in [-0.15, -0.1) is 0 Å². The Balaban J connectivity index is 3.10. The summed E-state index contributed by atoms with van der Waals surface area (Å²) in [7, 11) is 3.57. The number of likely N-dealkylation sites (N-methyl/N-ethyl adjacent to an activating group) is 2. The third kappa shape index (κ3) is 7.30. The number of nitrogens with one attached hydrogen (secondary N) is 2. The van der Waals surface area contributed by atoms with E-state index in [1.807, 2.05) is 0 Å². The lowest BCUT2D eigenvalue weighted by Gasteiger charge is -2.04. The van der Waals surface area contributed by atoms with Crippen LogP contribution in [-0.4, -0.2) is 46.6 Å². The van der Waals surface area contributed by atoms with E-state index in [2.05, 4.69) is 20.1 Å². The Hall–Kier alpha value is -0.810. The van der Waals surface area contributed by atoms with Gasteiger partial charge in [-0.1, -0.05) is 0 Å². The molecule has 0 fully saturated rings. The Morgan fingerprint density at radius 1 is 1.08 bits per heavy atom. The second-order valence-electron chi connectivity index (χ2n) is 2.15. The highest BCUT2D eigenvalue weighted by Crippen LogP contribution is 1.83. The molecule has 12 heavy (non-hydrogen) atoms. The first-order chi connectivity index (χ1) is 5.81. The Labute approximate surface area is 72.4 Å². The molecule has 0 aromatic heterocycles. The van der Waals surface area contributed by atoms with Crippen molar-refractivity contribution in [1.82, 2.24) is 10.6 Å². The van der Waals surface area contributed by atoms with Crippen LogP contribution in [0.4, 0.5) is 4.79 Å². The predicted molar refractivity (Wildman–Crippen MR) is 45.2 cm³/mol. The summed E-state index contributed by atoms with van der Waals surface area (Å²) in [5.74, 6) is 0. The minimum atomic E-state index is -0.611. The topological polar surface area (TPSA) is 59.6 Å². The van der Waals surface area contributed by atoms with E-state index in [-0.39, 0.29) is 0 Å². The van der Waals surface area contributed by atoms with Crippen molar-refractivity contribution < 1.29 is 14.3 Å². The third-order valence-corrected chi connectivity index (χ3v) is 1.14. The molecule has 5 heteroatoms. The predicted octanol–water partition coefficient (Wildman–Crippen LogP) is -0.422. The molecule has 0 bridgehead atoms. The van der Waals surface area contributed by atoms with E-state index in [0.717, 1.165) is 0 Å². The standard InChI is InChI=1S/C7H16N2O3/c1-8-3-5-11-7(10)12-6-4-9-2/h8-9H,3-6H2,1-2H3. The van der Waals surface area contributed by atoms with Crippen molar-refractivity contribution in [3.05, 3.63) is 0 Å². The number of carbonyl (C=O) groups excluding carboxylic acids is 1. The number of carbonyl (C=O) groups is 1. The zero-order valence-corrected chi connectivity index (χ0v) is 7.55. The zero-order valence-electron chi connectivity index (χ0n) is 7.55. The molecule has 0 aromatic carbocycles. The largest absolute Gasteiger partial charge is 0.508 e. The molecule has 0 aliphatic heterocycles. The summed E-state index contributed by atoms with van der Waals surface area (Å²) in [4.78, 5) is 10.7. The summed E-state index contributed by atoms with van der Waals surface area (Å²) in [6.07, 6.45) is -0.611. The third-order valence-electron chi connectivity index (χ3n) is 1.14. The summed E-state index contributed by atoms with van der Waals surface area (Å²) in [6, 6.07) is 0. The lowest BCUT2D eigenvalue weighted by atomic mass is 10.7. The van der Waals surface area contributed by atoms with Gasteiger partial charge in [0, 0.05) is 13.1 Å². The van der Waals surface area contributed by atoms with Crippen molar-refractivity contribution in [2.24, 2.45) is 0 Å². The van der Waals surface area contributed by atoms with Crippen LogP contribution >= 0.6 is 0 Å². The van der Waals surface area contributed by atoms with Gasteiger partial charge in [0.15, 0.2) is 0 Å². The summed E-state index contributed by atoms with van der Waals surface area (Å²) < 4.78 is 9.36. The fourth-order valence-electron chi connectivity index (χ4n) is 0.515. The Kier molecular flexibility index (Phi) is 7.73. The summed E-state index contributed by atoms with van der Waals surface area (Å²) >= 11 is 0. The normalized spacial score (nSPS) is 9.50. The van der Waals surface area contributed by atoms with Gasteiger partial charge in [0.05, 0.1) is 0 Å². The van der Waals surface area contributed by atoms with Crippen LogP contribution in [0.25, 0.3) is 0 Å². The molecule has 0 atom stereocenters. The monoisotopic (exact) mass is 176 g/mol. The molecule has 0 spiro atoms. The van der Waals surface area contributed by atoms with Gasteiger partial charge in [0.2, 0.25) is 0 Å². The molecular weight excluding hydrogens is 160 g/mol. The van der Waals surface area contributed by atoms with Crippen molar-refractivity contribution in [1.29, 1.82) is 0 Å². The number of ether oxygens (including phenoxy) is 2. The molecule has 0 radical (unpaired) electrons. The van der Waals surface area contributed by atoms with Gasteiger partial charge in [-0.3, -0.25) is 0 Å². The number of hydrogen-bond donors (Lipinski definition) is 2. The van der Waals surface area contributed by atoms with Crippen LogP contribution in [0, 0.1) is 0 Å². The Morgan fingerprint density at radius 2 is 1.50 bits per heavy atom. The van der Waals surface area contributed by atoms with Crippen LogP contribution in [0.15, 0.2) is 0 Å². The SMILES string of the molecule is CNCCOC(=O)OCCNC. The van der Waals surface area contributed by atoms with Crippen molar-refractivity contribution in [2.75, 3.05) is 40.4 Å². The second-order valence-corrected chi connectivity index (χ2v) is 2.15. The lowest BCUT2D eigenvalue weighted by molar-refractivity contribution is 0.0573. The second kappa shape index (κ2) is 8.29. The van der Waals surface area contributed by atoms with Gasteiger partial charge in [0.1, 0.15) is 13.2 Å². The molecule has 5 nitrogen and oxygen atoms in total. The fourth-order valence-corrected chi connectivity index (χ4v) is 0.515. The van der Waals surface area contributed by atoms with Gasteiger partial charge >= 0.3 is 6.16 Å². The highest BCUT2D eigenvalue weighted by molar-refractivity contribution is 5.59. The minimum absolute atomic E-state index is 0.342. The molecule has 72 valence electrons. The molecule has 0 aliphatic carbocycles. The van der Waals surface area contributed by atoms with Gasteiger partial charge in [-0.25, -0.2) is 4.79 Å². The minimum Gasteiger partial charge on any atom is -0.433 e. The maximum atomic E-state index is 10.7. The highest BCUT2D eigenvalue weighted by atomic mass is 16.7. The molecule has 2 N–H and O–H groups in total. The van der Waals surface area contributed by atoms with Crippen molar-refractivity contribution in [3.8, 4) is 0 Å². The van der Waals surface area contributed by atoms with Crippen LogP contribution in [0.5, 0.6) is 0 Å². The smallest absolute Gasteiger partial charge is 0.433 e. The van der Waals surface area contributed by atoms with Crippen LogP contribution in [-0.2, 0) is 9.47 Å². The zero-order chi connectivity index (χ0) is 9.23. The van der Waals surface area contributed by atoms with Crippen LogP contribution in [0.1, 0.15) is 0 Å². The summed E-state index contributed by atoms with van der Waals surface area (Å²) in [5.41, 5.74) is 0. The van der Waals surface area contributed by atoms with Gasteiger partial charge < -0.3 is 20.1 Å². The maximum Gasteiger partial charge on any atom is 0.508 e. The Bertz CT molecular complexity index is 107. The van der Waals surface area contributed by atoms with E-state index < -0.39 is 6.16 Å². The van der Waals surface area contributed by atoms with Crippen molar-refractivity contribution in [3.63, 3.8) is 0 Å². The van der Waals surface area contributed by atoms with Gasteiger partial charge in [0.25, 0.3) is 0 Å². The van der Waals surface area contributed by atoms with E-state index >= 15 is 0 Å². The Morgan fingerprint density at radius 3 is 1.83 bits per heavy atom. The first-order valence-corrected chi connectivity index (χ1v) is 3.90. The van der Waals surface area contributed by atoms with Gasteiger partial charge in [-0.2, -0.15) is 0 Å². The fraction of sp³-hybridized carbons (Fsp3) is 0.857. The first-order valence-electron chi connectivity index (χ1n) is 3.90. The molecule has 0 heterocycles. The van der Waals surface area contributed by atoms with Crippen LogP contribution < -0.4 is 10.6 Å². The van der Waals surface area contributed by atoms with Crippen molar-refractivity contribution in [2.45, 2.75) is 0 Å². The molecule has 0 unspecified atom stereocenters. The average Bonchev–Trinajstić information content (AvgIpc) is 2.06. The quantitative estimate of drug-likeness (QED) is 0.425. The van der Waals surface area contributed by atoms with E-state index in [1.54, 1.807) is 14.1 Å². The van der Waals surface area contributed by atoms with Crippen LogP contribution in [0.3, 0.4) is 0 Å². The highest BCUT2D eigenvalue weighted by Gasteiger charge is 2.00. The molecule has 0 rings (SSSR count). The average molecular weight is 176 g/mol. The summed E-state index contributed by atoms with van der Waals surface area (Å²) in [5, 5.41) is 5.69. The molecule has 0 aromatic rings. The van der Waals surface area contributed by atoms with E-state index in [9.17, 15) is 4.79 Å². The first kappa shape index (κ1) is 11.2. The molecular formula is C7H16N2O3. The van der Waals surface area contributed by atoms with Crippen LogP contribution in [0.2, 0.25) is 0 Å². The molecule has 0 aliphatic rings. The van der Waals surface area contributed by atoms with E-state index in [1.165, 1.54) is 0 Å². The lowest BCUT2D eigenvalue weighted by Crippen LogP contribution is -2.21. The number of hydrogen-bond acceptors (Lipinski definition) is 5. The molecule has 0 saturated heterocycles. The van der Waals surface area contributed by atoms with Crippen molar-refractivity contribution >= 4 is 6.16 Å². The molecule has 0 saturated carbocycles. The molecule has 0 amide bonds. The van der Waals surface area contributed by atoms with E-state index in [0.29, 0.717) is 26.3 Å².